The van der Waals surface area contributed by atoms with Gasteiger partial charge in [-0.3, -0.25) is 4.79 Å². The van der Waals surface area contributed by atoms with Gasteiger partial charge in [0.1, 0.15) is 5.69 Å². The molecule has 2 aliphatic heterocycles. The molecule has 6 aliphatic rings. The van der Waals surface area contributed by atoms with Gasteiger partial charge in [-0.25, -0.2) is 4.79 Å². The number of carbonyl (C=O) groups is 2. The van der Waals surface area contributed by atoms with Gasteiger partial charge in [0, 0.05) is 49.7 Å². The van der Waals surface area contributed by atoms with Crippen LogP contribution >= 0.6 is 0 Å². The monoisotopic (exact) mass is 474 g/mol. The molecule has 8 rings (SSSR count). The van der Waals surface area contributed by atoms with E-state index in [9.17, 15) is 9.59 Å². The average molecular weight is 475 g/mol. The minimum Gasteiger partial charge on any atom is -0.340 e. The number of amides is 3. The molecule has 3 amide bonds. The number of likely N-dealkylation sites (tertiary alicyclic amines) is 2. The summed E-state index contributed by atoms with van der Waals surface area (Å²) < 4.78 is 2.02. The normalized spacial score (nSPS) is 33.1. The van der Waals surface area contributed by atoms with Gasteiger partial charge in [0.05, 0.1) is 0 Å². The van der Waals surface area contributed by atoms with Crippen molar-refractivity contribution < 1.29 is 9.59 Å². The van der Waals surface area contributed by atoms with Crippen LogP contribution in [0.3, 0.4) is 0 Å². The number of aromatic nitrogens is 1. The first-order valence-corrected chi connectivity index (χ1v) is 13.8. The maximum absolute atomic E-state index is 13.4. The predicted octanol–water partition coefficient (Wildman–Crippen LogP) is 4.78. The number of aryl methyl sites for hydroxylation is 1. The van der Waals surface area contributed by atoms with E-state index in [1.807, 2.05) is 34.7 Å². The SMILES string of the molecule is Cn1c(C(=O)N2CCC3(CCN(C(=O)NC45CC6CC(CC(C6)C4)C5)C3)CC2)cc2ccccc21. The first-order chi connectivity index (χ1) is 16.9. The summed E-state index contributed by atoms with van der Waals surface area (Å²) in [7, 11) is 1.98. The Labute approximate surface area is 208 Å². The standard InChI is InChI=1S/C29H38N4O2/c1-31-24-5-3-2-4-23(24)15-25(31)26(34)32-9-6-28(7-10-32)8-11-33(19-28)27(35)30-29-16-20-12-21(17-29)14-22(13-20)18-29/h2-5,15,20-22H,6-14,16-19H2,1H3,(H,30,35). The third-order valence-corrected chi connectivity index (χ3v) is 10.4. The molecule has 0 radical (unpaired) electrons. The highest BCUT2D eigenvalue weighted by molar-refractivity contribution is 5.98. The van der Waals surface area contributed by atoms with Crippen LogP contribution in [0.25, 0.3) is 10.9 Å². The lowest BCUT2D eigenvalue weighted by Crippen LogP contribution is -2.61. The van der Waals surface area contributed by atoms with Crippen LogP contribution in [0.15, 0.2) is 30.3 Å². The molecule has 6 nitrogen and oxygen atoms in total. The number of nitrogens with zero attached hydrogens (tertiary/aromatic N) is 3. The summed E-state index contributed by atoms with van der Waals surface area (Å²) in [6.45, 7) is 3.27. The third kappa shape index (κ3) is 3.58. The quantitative estimate of drug-likeness (QED) is 0.681. The lowest BCUT2D eigenvalue weighted by Gasteiger charge is -2.57. The summed E-state index contributed by atoms with van der Waals surface area (Å²) in [4.78, 5) is 30.9. The highest BCUT2D eigenvalue weighted by atomic mass is 16.2. The van der Waals surface area contributed by atoms with Crippen LogP contribution in [0.5, 0.6) is 0 Å². The van der Waals surface area contributed by atoms with Crippen molar-refractivity contribution in [3.05, 3.63) is 36.0 Å². The number of fused-ring (bicyclic) bond motifs is 1. The van der Waals surface area contributed by atoms with Gasteiger partial charge in [-0.1, -0.05) is 18.2 Å². The molecule has 186 valence electrons. The number of benzene rings is 1. The summed E-state index contributed by atoms with van der Waals surface area (Å²) in [5.74, 6) is 2.66. The fraction of sp³-hybridized carbons (Fsp3) is 0.655. The van der Waals surface area contributed by atoms with Crippen LogP contribution in [0.1, 0.15) is 68.3 Å². The van der Waals surface area contributed by atoms with E-state index in [-0.39, 0.29) is 22.9 Å². The van der Waals surface area contributed by atoms with E-state index in [1.54, 1.807) is 0 Å². The zero-order chi connectivity index (χ0) is 23.8. The lowest BCUT2D eigenvalue weighted by molar-refractivity contribution is -0.0156. The van der Waals surface area contributed by atoms with Crippen LogP contribution < -0.4 is 5.32 Å². The molecule has 4 bridgehead atoms. The molecule has 4 aliphatic carbocycles. The Morgan fingerprint density at radius 1 is 0.886 bits per heavy atom. The molecule has 0 atom stereocenters. The van der Waals surface area contributed by atoms with Gasteiger partial charge < -0.3 is 19.7 Å². The van der Waals surface area contributed by atoms with Gasteiger partial charge in [0.15, 0.2) is 0 Å². The van der Waals surface area contributed by atoms with Crippen molar-refractivity contribution in [3.8, 4) is 0 Å². The van der Waals surface area contributed by atoms with Crippen LogP contribution in [0, 0.1) is 23.2 Å². The molecule has 1 N–H and O–H groups in total. The van der Waals surface area contributed by atoms with E-state index in [0.29, 0.717) is 0 Å². The number of urea groups is 1. The maximum Gasteiger partial charge on any atom is 0.317 e. The number of piperidine rings is 1. The summed E-state index contributed by atoms with van der Waals surface area (Å²) in [5, 5.41) is 4.69. The van der Waals surface area contributed by atoms with E-state index in [2.05, 4.69) is 22.3 Å². The molecule has 2 aromatic rings. The van der Waals surface area contributed by atoms with Crippen molar-refractivity contribution in [3.63, 3.8) is 0 Å². The Kier molecular flexibility index (Phi) is 4.82. The number of para-hydroxylation sites is 1. The highest BCUT2D eigenvalue weighted by Gasteiger charge is 2.52. The Morgan fingerprint density at radius 2 is 1.49 bits per heavy atom. The van der Waals surface area contributed by atoms with Crippen molar-refractivity contribution in [2.75, 3.05) is 26.2 Å². The molecular formula is C29H38N4O2. The van der Waals surface area contributed by atoms with Crippen LogP contribution in [0.4, 0.5) is 4.79 Å². The minimum atomic E-state index is 0.0793. The zero-order valence-corrected chi connectivity index (χ0v) is 21.0. The molecular weight excluding hydrogens is 436 g/mol. The predicted molar refractivity (Wildman–Crippen MR) is 136 cm³/mol. The van der Waals surface area contributed by atoms with Crippen LogP contribution in [-0.2, 0) is 7.05 Å². The second-order valence-corrected chi connectivity index (χ2v) is 12.7. The van der Waals surface area contributed by atoms with Crippen molar-refractivity contribution in [2.45, 2.75) is 63.3 Å². The van der Waals surface area contributed by atoms with E-state index >= 15 is 0 Å². The van der Waals surface area contributed by atoms with Crippen molar-refractivity contribution >= 4 is 22.8 Å². The Balaban J connectivity index is 0.982. The lowest BCUT2D eigenvalue weighted by atomic mass is 9.53. The first-order valence-electron chi connectivity index (χ1n) is 13.8. The molecule has 6 heteroatoms. The fourth-order valence-electron chi connectivity index (χ4n) is 8.93. The van der Waals surface area contributed by atoms with Crippen LogP contribution in [-0.4, -0.2) is 58.0 Å². The smallest absolute Gasteiger partial charge is 0.317 e. The number of rotatable bonds is 2. The average Bonchev–Trinajstić information content (AvgIpc) is 3.40. The topological polar surface area (TPSA) is 57.6 Å². The second kappa shape index (κ2) is 7.75. The molecule has 6 fully saturated rings. The van der Waals surface area contributed by atoms with Gasteiger partial charge in [0.25, 0.3) is 5.91 Å². The molecule has 2 saturated heterocycles. The molecule has 1 spiro atoms. The minimum absolute atomic E-state index is 0.0793. The summed E-state index contributed by atoms with van der Waals surface area (Å²) in [6, 6.07) is 10.4. The molecule has 3 heterocycles. The number of hydrogen-bond donors (Lipinski definition) is 1. The van der Waals surface area contributed by atoms with Gasteiger partial charge >= 0.3 is 6.03 Å². The van der Waals surface area contributed by atoms with E-state index < -0.39 is 0 Å². The number of nitrogens with one attached hydrogen (secondary N) is 1. The van der Waals surface area contributed by atoms with Gasteiger partial charge in [0.2, 0.25) is 0 Å². The summed E-state index contributed by atoms with van der Waals surface area (Å²) >= 11 is 0. The molecule has 0 unspecified atom stereocenters. The largest absolute Gasteiger partial charge is 0.340 e. The Morgan fingerprint density at radius 3 is 2.11 bits per heavy atom. The first kappa shape index (κ1) is 21.8. The molecule has 1 aromatic carbocycles. The molecule has 35 heavy (non-hydrogen) atoms. The van der Waals surface area contributed by atoms with Gasteiger partial charge in [-0.15, -0.1) is 0 Å². The Bertz CT molecular complexity index is 1140. The Hall–Kier alpha value is -2.50. The van der Waals surface area contributed by atoms with Crippen LogP contribution in [0.2, 0.25) is 0 Å². The maximum atomic E-state index is 13.4. The molecule has 1 aromatic heterocycles. The highest BCUT2D eigenvalue weighted by Crippen LogP contribution is 2.55. The summed E-state index contributed by atoms with van der Waals surface area (Å²) in [6.07, 6.45) is 10.9. The van der Waals surface area contributed by atoms with Gasteiger partial charge in [-0.2, -0.15) is 0 Å². The second-order valence-electron chi connectivity index (χ2n) is 12.7. The van der Waals surface area contributed by atoms with Gasteiger partial charge in [-0.05, 0) is 93.1 Å². The summed E-state index contributed by atoms with van der Waals surface area (Å²) in [5.41, 5.74) is 2.12. The van der Waals surface area contributed by atoms with E-state index in [4.69, 9.17) is 0 Å². The third-order valence-electron chi connectivity index (χ3n) is 10.4. The van der Waals surface area contributed by atoms with Crippen molar-refractivity contribution in [2.24, 2.45) is 30.2 Å². The fourth-order valence-corrected chi connectivity index (χ4v) is 8.93. The zero-order valence-electron chi connectivity index (χ0n) is 21.0. The van der Waals surface area contributed by atoms with E-state index in [1.165, 1.54) is 38.5 Å². The van der Waals surface area contributed by atoms with Crippen molar-refractivity contribution in [1.82, 2.24) is 19.7 Å². The number of carbonyl (C=O) groups excluding carboxylic acids is 2. The van der Waals surface area contributed by atoms with Crippen molar-refractivity contribution in [1.29, 1.82) is 0 Å². The molecule has 4 saturated carbocycles. The number of hydrogen-bond acceptors (Lipinski definition) is 2. The van der Waals surface area contributed by atoms with E-state index in [0.717, 1.165) is 79.8 Å².